The van der Waals surface area contributed by atoms with Gasteiger partial charge in [0.1, 0.15) is 0 Å². The van der Waals surface area contributed by atoms with E-state index < -0.39 is 7.52 Å². The highest BCUT2D eigenvalue weighted by Gasteiger charge is 2.19. The van der Waals surface area contributed by atoms with Gasteiger partial charge in [-0.1, -0.05) is 19.4 Å². The molecule has 0 aliphatic rings. The summed E-state index contributed by atoms with van der Waals surface area (Å²) in [6.07, 6.45) is 7.28. The lowest BCUT2D eigenvalue weighted by Gasteiger charge is -2.18. The number of hydrogen-bond donors (Lipinski definition) is 2. The monoisotopic (exact) mass is 270 g/mol. The summed E-state index contributed by atoms with van der Waals surface area (Å²) in [7, 11) is -3.19. The summed E-state index contributed by atoms with van der Waals surface area (Å²) in [6.45, 7) is 4.02. The van der Waals surface area contributed by atoms with E-state index in [9.17, 15) is 9.46 Å². The van der Waals surface area contributed by atoms with Gasteiger partial charge in [-0.05, 0) is 37.8 Å². The van der Waals surface area contributed by atoms with Gasteiger partial charge in [-0.2, -0.15) is 0 Å². The zero-order valence-corrected chi connectivity index (χ0v) is 12.1. The fourth-order valence-corrected chi connectivity index (χ4v) is 3.48. The SMILES string of the molecule is CCCC(C)NP(=O)(O)CCCc1cccnc1. The van der Waals surface area contributed by atoms with Crippen molar-refractivity contribution in [2.75, 3.05) is 6.16 Å². The van der Waals surface area contributed by atoms with Crippen LogP contribution in [0.1, 0.15) is 38.7 Å². The van der Waals surface area contributed by atoms with Gasteiger partial charge in [-0.25, -0.2) is 5.09 Å². The number of pyridine rings is 1. The third-order valence-electron chi connectivity index (χ3n) is 2.79. The summed E-state index contributed by atoms with van der Waals surface area (Å²) in [6, 6.07) is 3.97. The lowest BCUT2D eigenvalue weighted by molar-refractivity contribution is 0.443. The fraction of sp³-hybridized carbons (Fsp3) is 0.615. The number of aromatic nitrogens is 1. The van der Waals surface area contributed by atoms with Crippen LogP contribution in [0.3, 0.4) is 0 Å². The molecule has 0 saturated heterocycles. The summed E-state index contributed by atoms with van der Waals surface area (Å²) in [5.74, 6) is 0. The second-order valence-corrected chi connectivity index (χ2v) is 6.82. The maximum absolute atomic E-state index is 11.9. The Bertz CT molecular complexity index is 384. The second kappa shape index (κ2) is 7.67. The van der Waals surface area contributed by atoms with E-state index in [-0.39, 0.29) is 6.04 Å². The molecule has 0 spiro atoms. The van der Waals surface area contributed by atoms with Crippen LogP contribution in [0.15, 0.2) is 24.5 Å². The van der Waals surface area contributed by atoms with E-state index in [4.69, 9.17) is 0 Å². The van der Waals surface area contributed by atoms with Crippen molar-refractivity contribution in [2.24, 2.45) is 0 Å². The Morgan fingerprint density at radius 2 is 2.33 bits per heavy atom. The average Bonchev–Trinajstić information content (AvgIpc) is 2.29. The maximum atomic E-state index is 11.9. The van der Waals surface area contributed by atoms with Crippen LogP contribution < -0.4 is 5.09 Å². The Balaban J connectivity index is 2.31. The second-order valence-electron chi connectivity index (χ2n) is 4.71. The molecule has 2 atom stereocenters. The minimum absolute atomic E-state index is 0.101. The molecular weight excluding hydrogens is 247 g/mol. The smallest absolute Gasteiger partial charge is 0.267 e. The Morgan fingerprint density at radius 3 is 2.94 bits per heavy atom. The molecule has 0 aliphatic heterocycles. The summed E-state index contributed by atoms with van der Waals surface area (Å²) in [5.41, 5.74) is 1.11. The van der Waals surface area contributed by atoms with E-state index >= 15 is 0 Å². The molecule has 1 heterocycles. The molecule has 4 nitrogen and oxygen atoms in total. The molecule has 102 valence electrons. The average molecular weight is 270 g/mol. The third kappa shape index (κ3) is 6.29. The van der Waals surface area contributed by atoms with Gasteiger partial charge in [-0.3, -0.25) is 9.55 Å². The molecule has 0 radical (unpaired) electrons. The number of rotatable bonds is 8. The molecule has 1 aromatic heterocycles. The topological polar surface area (TPSA) is 62.2 Å². The standard InChI is InChI=1S/C13H23N2O2P/c1-3-6-12(2)15-18(16,17)10-5-8-13-7-4-9-14-11-13/h4,7,9,11-12H,3,5-6,8,10H2,1-2H3,(H2,15,16,17). The van der Waals surface area contributed by atoms with E-state index in [1.54, 1.807) is 12.4 Å². The van der Waals surface area contributed by atoms with Crippen LogP contribution in [-0.4, -0.2) is 22.1 Å². The van der Waals surface area contributed by atoms with Crippen LogP contribution in [0.4, 0.5) is 0 Å². The molecule has 18 heavy (non-hydrogen) atoms. The van der Waals surface area contributed by atoms with Crippen molar-refractivity contribution in [2.45, 2.75) is 45.6 Å². The molecule has 0 aromatic carbocycles. The van der Waals surface area contributed by atoms with E-state index in [0.717, 1.165) is 24.8 Å². The lowest BCUT2D eigenvalue weighted by atomic mass is 10.2. The molecule has 2 N–H and O–H groups in total. The summed E-state index contributed by atoms with van der Waals surface area (Å²) in [4.78, 5) is 13.8. The zero-order chi connectivity index (χ0) is 13.4. The van der Waals surface area contributed by atoms with E-state index in [1.165, 1.54) is 0 Å². The van der Waals surface area contributed by atoms with Gasteiger partial charge in [0.15, 0.2) is 0 Å². The first-order valence-corrected chi connectivity index (χ1v) is 8.36. The van der Waals surface area contributed by atoms with Crippen LogP contribution in [0.5, 0.6) is 0 Å². The first kappa shape index (κ1) is 15.4. The summed E-state index contributed by atoms with van der Waals surface area (Å²) < 4.78 is 11.9. The predicted molar refractivity (Wildman–Crippen MR) is 74.8 cm³/mol. The van der Waals surface area contributed by atoms with Gasteiger partial charge in [-0.15, -0.1) is 0 Å². The molecule has 5 heteroatoms. The van der Waals surface area contributed by atoms with E-state index in [1.807, 2.05) is 19.1 Å². The minimum Gasteiger partial charge on any atom is -0.333 e. The summed E-state index contributed by atoms with van der Waals surface area (Å²) in [5, 5.41) is 2.84. The molecular formula is C13H23N2O2P. The van der Waals surface area contributed by atoms with Crippen molar-refractivity contribution in [3.63, 3.8) is 0 Å². The van der Waals surface area contributed by atoms with Gasteiger partial charge in [0.2, 0.25) is 0 Å². The maximum Gasteiger partial charge on any atom is 0.267 e. The van der Waals surface area contributed by atoms with Crippen LogP contribution in [-0.2, 0) is 11.0 Å². The molecule has 0 saturated carbocycles. The Kier molecular flexibility index (Phi) is 6.55. The number of hydrogen-bond acceptors (Lipinski definition) is 2. The molecule has 2 unspecified atom stereocenters. The van der Waals surface area contributed by atoms with Crippen molar-refractivity contribution in [1.82, 2.24) is 10.1 Å². The van der Waals surface area contributed by atoms with Crippen molar-refractivity contribution in [3.05, 3.63) is 30.1 Å². The van der Waals surface area contributed by atoms with Crippen molar-refractivity contribution in [1.29, 1.82) is 0 Å². The van der Waals surface area contributed by atoms with Gasteiger partial charge in [0.25, 0.3) is 7.52 Å². The first-order chi connectivity index (χ1) is 8.53. The van der Waals surface area contributed by atoms with Gasteiger partial charge in [0.05, 0.1) is 0 Å². The highest BCUT2D eigenvalue weighted by molar-refractivity contribution is 7.55. The quantitative estimate of drug-likeness (QED) is 0.713. The Labute approximate surface area is 109 Å². The zero-order valence-electron chi connectivity index (χ0n) is 11.2. The van der Waals surface area contributed by atoms with E-state index in [2.05, 4.69) is 17.0 Å². The number of nitrogens with one attached hydrogen (secondary N) is 1. The highest BCUT2D eigenvalue weighted by atomic mass is 31.2. The molecule has 0 fully saturated rings. The van der Waals surface area contributed by atoms with Crippen molar-refractivity contribution in [3.8, 4) is 0 Å². The normalized spacial score (nSPS) is 16.2. The molecule has 0 aliphatic carbocycles. The Hall–Kier alpha value is -0.700. The van der Waals surface area contributed by atoms with Gasteiger partial charge < -0.3 is 4.89 Å². The third-order valence-corrected chi connectivity index (χ3v) is 4.56. The fourth-order valence-electron chi connectivity index (χ4n) is 1.95. The minimum atomic E-state index is -3.19. The molecule has 1 aromatic rings. The van der Waals surface area contributed by atoms with Crippen LogP contribution in [0.2, 0.25) is 0 Å². The van der Waals surface area contributed by atoms with Crippen LogP contribution in [0, 0.1) is 0 Å². The predicted octanol–water partition coefficient (Wildman–Crippen LogP) is 2.98. The molecule has 1 rings (SSSR count). The number of nitrogens with zero attached hydrogens (tertiary/aromatic N) is 1. The number of aryl methyl sites for hydroxylation is 1. The van der Waals surface area contributed by atoms with Crippen molar-refractivity contribution >= 4 is 7.52 Å². The Morgan fingerprint density at radius 1 is 1.56 bits per heavy atom. The van der Waals surface area contributed by atoms with Gasteiger partial charge >= 0.3 is 0 Å². The molecule has 0 bridgehead atoms. The van der Waals surface area contributed by atoms with E-state index in [0.29, 0.717) is 12.6 Å². The van der Waals surface area contributed by atoms with Crippen LogP contribution >= 0.6 is 7.52 Å². The lowest BCUT2D eigenvalue weighted by Crippen LogP contribution is -2.24. The van der Waals surface area contributed by atoms with Crippen molar-refractivity contribution < 1.29 is 9.46 Å². The molecule has 0 amide bonds. The first-order valence-electron chi connectivity index (χ1n) is 6.52. The summed E-state index contributed by atoms with van der Waals surface area (Å²) >= 11 is 0. The van der Waals surface area contributed by atoms with Gasteiger partial charge in [0, 0.05) is 24.6 Å². The highest BCUT2D eigenvalue weighted by Crippen LogP contribution is 2.37. The van der Waals surface area contributed by atoms with Crippen LogP contribution in [0.25, 0.3) is 0 Å². The largest absolute Gasteiger partial charge is 0.333 e.